The summed E-state index contributed by atoms with van der Waals surface area (Å²) >= 11 is 5.22. The van der Waals surface area contributed by atoms with Gasteiger partial charge in [0.15, 0.2) is 0 Å². The average Bonchev–Trinajstić information content (AvgIpc) is 2.41. The molecule has 0 saturated heterocycles. The first-order valence-electron chi connectivity index (χ1n) is 4.62. The molecule has 0 bridgehead atoms. The van der Waals surface area contributed by atoms with E-state index in [4.69, 9.17) is 5.11 Å². The Hall–Kier alpha value is -0.120. The van der Waals surface area contributed by atoms with Crippen molar-refractivity contribution >= 4 is 33.3 Å². The summed E-state index contributed by atoms with van der Waals surface area (Å²) in [5.74, 6) is 0.404. The van der Waals surface area contributed by atoms with Gasteiger partial charge in [0, 0.05) is 14.2 Å². The number of rotatable bonds is 3. The van der Waals surface area contributed by atoms with Crippen molar-refractivity contribution in [2.24, 2.45) is 5.92 Å². The molecule has 1 heterocycles. The average molecular weight is 275 g/mol. The molecule has 0 aromatic carbocycles. The van der Waals surface area contributed by atoms with Crippen molar-refractivity contribution in [2.75, 3.05) is 6.61 Å². The Morgan fingerprint density at radius 1 is 1.64 bits per heavy atom. The highest BCUT2D eigenvalue weighted by Crippen LogP contribution is 2.28. The smallest absolute Gasteiger partial charge is 0.0647 e. The molecule has 1 aromatic rings. The molecule has 78 valence electrons. The van der Waals surface area contributed by atoms with Crippen molar-refractivity contribution in [1.29, 1.82) is 0 Å². The fourth-order valence-electron chi connectivity index (χ4n) is 1.13. The van der Waals surface area contributed by atoms with Gasteiger partial charge in [-0.2, -0.15) is 0 Å². The minimum Gasteiger partial charge on any atom is -0.392 e. The van der Waals surface area contributed by atoms with Crippen LogP contribution in [0.25, 0.3) is 6.08 Å². The Labute approximate surface area is 97.6 Å². The number of aliphatic hydroxyl groups is 1. The molecule has 0 radical (unpaired) electrons. The number of thiophene rings is 1. The molecule has 0 aliphatic heterocycles. The van der Waals surface area contributed by atoms with Crippen LogP contribution < -0.4 is 0 Å². The maximum atomic E-state index is 9.16. The lowest BCUT2D eigenvalue weighted by molar-refractivity contribution is 0.320. The Kier molecular flexibility index (Phi) is 4.35. The maximum Gasteiger partial charge on any atom is 0.0647 e. The van der Waals surface area contributed by atoms with Crippen LogP contribution in [0.3, 0.4) is 0 Å². The molecule has 3 heteroatoms. The SMILES string of the molecule is Cc1sc(C=C(CO)C(C)C)cc1Br. The summed E-state index contributed by atoms with van der Waals surface area (Å²) in [6.07, 6.45) is 2.08. The third-order valence-electron chi connectivity index (χ3n) is 2.13. The lowest BCUT2D eigenvalue weighted by Gasteiger charge is -2.06. The van der Waals surface area contributed by atoms with Crippen molar-refractivity contribution < 1.29 is 5.11 Å². The van der Waals surface area contributed by atoms with Gasteiger partial charge in [0.1, 0.15) is 0 Å². The number of halogens is 1. The lowest BCUT2D eigenvalue weighted by Crippen LogP contribution is -1.98. The fourth-order valence-corrected chi connectivity index (χ4v) is 2.67. The molecule has 1 N–H and O–H groups in total. The van der Waals surface area contributed by atoms with Gasteiger partial charge in [0.25, 0.3) is 0 Å². The van der Waals surface area contributed by atoms with E-state index in [2.05, 4.69) is 48.8 Å². The zero-order chi connectivity index (χ0) is 10.7. The first-order valence-corrected chi connectivity index (χ1v) is 6.22. The van der Waals surface area contributed by atoms with Crippen molar-refractivity contribution in [3.63, 3.8) is 0 Å². The zero-order valence-electron chi connectivity index (χ0n) is 8.67. The largest absolute Gasteiger partial charge is 0.392 e. The summed E-state index contributed by atoms with van der Waals surface area (Å²) in [4.78, 5) is 2.48. The van der Waals surface area contributed by atoms with Crippen LogP contribution in [0.5, 0.6) is 0 Å². The molecular formula is C11H15BrOS. The monoisotopic (exact) mass is 274 g/mol. The van der Waals surface area contributed by atoms with Gasteiger partial charge in [-0.05, 0) is 46.5 Å². The summed E-state index contributed by atoms with van der Waals surface area (Å²) in [7, 11) is 0. The van der Waals surface area contributed by atoms with Crippen LogP contribution in [-0.4, -0.2) is 11.7 Å². The molecule has 14 heavy (non-hydrogen) atoms. The molecule has 0 aliphatic rings. The van der Waals surface area contributed by atoms with Crippen LogP contribution in [0.1, 0.15) is 23.6 Å². The topological polar surface area (TPSA) is 20.2 Å². The quantitative estimate of drug-likeness (QED) is 0.888. The lowest BCUT2D eigenvalue weighted by atomic mass is 10.0. The van der Waals surface area contributed by atoms with E-state index in [9.17, 15) is 0 Å². The molecule has 0 atom stereocenters. The van der Waals surface area contributed by atoms with Gasteiger partial charge in [-0.3, -0.25) is 0 Å². The second kappa shape index (κ2) is 5.10. The highest BCUT2D eigenvalue weighted by Gasteiger charge is 2.04. The summed E-state index contributed by atoms with van der Waals surface area (Å²) in [6, 6.07) is 2.10. The Balaban J connectivity index is 2.94. The van der Waals surface area contributed by atoms with Crippen LogP contribution in [-0.2, 0) is 0 Å². The number of aryl methyl sites for hydroxylation is 1. The predicted molar refractivity (Wildman–Crippen MR) is 66.7 cm³/mol. The van der Waals surface area contributed by atoms with Gasteiger partial charge >= 0.3 is 0 Å². The van der Waals surface area contributed by atoms with Gasteiger partial charge in [0.2, 0.25) is 0 Å². The minimum atomic E-state index is 0.145. The van der Waals surface area contributed by atoms with Crippen LogP contribution in [0.2, 0.25) is 0 Å². The van der Waals surface area contributed by atoms with Crippen molar-refractivity contribution in [3.05, 3.63) is 25.9 Å². The van der Waals surface area contributed by atoms with Gasteiger partial charge < -0.3 is 5.11 Å². The molecule has 0 aliphatic carbocycles. The Morgan fingerprint density at radius 3 is 2.64 bits per heavy atom. The number of aliphatic hydroxyl groups excluding tert-OH is 1. The molecule has 0 unspecified atom stereocenters. The summed E-state index contributed by atoms with van der Waals surface area (Å²) in [5.41, 5.74) is 1.08. The molecule has 0 amide bonds. The van der Waals surface area contributed by atoms with Crippen LogP contribution in [0.4, 0.5) is 0 Å². The minimum absolute atomic E-state index is 0.145. The van der Waals surface area contributed by atoms with Gasteiger partial charge in [0.05, 0.1) is 6.61 Å². The van der Waals surface area contributed by atoms with E-state index >= 15 is 0 Å². The zero-order valence-corrected chi connectivity index (χ0v) is 11.1. The van der Waals surface area contributed by atoms with Crippen molar-refractivity contribution in [1.82, 2.24) is 0 Å². The van der Waals surface area contributed by atoms with Crippen LogP contribution in [0, 0.1) is 12.8 Å². The number of hydrogen-bond acceptors (Lipinski definition) is 2. The highest BCUT2D eigenvalue weighted by molar-refractivity contribution is 9.10. The third-order valence-corrected chi connectivity index (χ3v) is 4.21. The normalized spacial score (nSPS) is 12.6. The van der Waals surface area contributed by atoms with Crippen molar-refractivity contribution in [3.8, 4) is 0 Å². The molecule has 0 fully saturated rings. The van der Waals surface area contributed by atoms with Crippen LogP contribution >= 0.6 is 27.3 Å². The van der Waals surface area contributed by atoms with Crippen molar-refractivity contribution in [2.45, 2.75) is 20.8 Å². The van der Waals surface area contributed by atoms with Gasteiger partial charge in [-0.1, -0.05) is 13.8 Å². The second-order valence-corrected chi connectivity index (χ2v) is 5.73. The van der Waals surface area contributed by atoms with E-state index in [-0.39, 0.29) is 6.61 Å². The maximum absolute atomic E-state index is 9.16. The van der Waals surface area contributed by atoms with E-state index in [1.165, 1.54) is 9.75 Å². The van der Waals surface area contributed by atoms with Gasteiger partial charge in [-0.15, -0.1) is 11.3 Å². The molecule has 1 aromatic heterocycles. The Morgan fingerprint density at radius 2 is 2.29 bits per heavy atom. The molecule has 0 saturated carbocycles. The Bertz CT molecular complexity index is 320. The predicted octanol–water partition coefficient (Wildman–Crippen LogP) is 3.85. The number of hydrogen-bond donors (Lipinski definition) is 1. The molecule has 1 rings (SSSR count). The first kappa shape index (κ1) is 12.0. The van der Waals surface area contributed by atoms with Gasteiger partial charge in [-0.25, -0.2) is 0 Å². The standard InChI is InChI=1S/C11H15BrOS/c1-7(2)9(6-13)4-10-5-11(12)8(3)14-10/h4-5,7,13H,6H2,1-3H3. The van der Waals surface area contributed by atoms with E-state index in [1.54, 1.807) is 11.3 Å². The molecule has 0 spiro atoms. The van der Waals surface area contributed by atoms with E-state index in [1.807, 2.05) is 0 Å². The highest BCUT2D eigenvalue weighted by atomic mass is 79.9. The molecular weight excluding hydrogens is 260 g/mol. The van der Waals surface area contributed by atoms with E-state index in [0.29, 0.717) is 5.92 Å². The summed E-state index contributed by atoms with van der Waals surface area (Å²) < 4.78 is 1.15. The third kappa shape index (κ3) is 2.94. The second-order valence-electron chi connectivity index (χ2n) is 3.58. The molecule has 1 nitrogen and oxygen atoms in total. The first-order chi connectivity index (χ1) is 6.54. The fraction of sp³-hybridized carbons (Fsp3) is 0.455. The van der Waals surface area contributed by atoms with E-state index < -0.39 is 0 Å². The van der Waals surface area contributed by atoms with E-state index in [0.717, 1.165) is 10.0 Å². The summed E-state index contributed by atoms with van der Waals surface area (Å²) in [5, 5.41) is 9.16. The van der Waals surface area contributed by atoms with Crippen LogP contribution in [0.15, 0.2) is 16.1 Å². The summed E-state index contributed by atoms with van der Waals surface area (Å²) in [6.45, 7) is 6.42.